The summed E-state index contributed by atoms with van der Waals surface area (Å²) in [5, 5.41) is 6.67. The van der Waals surface area contributed by atoms with Crippen LogP contribution in [0, 0.1) is 6.92 Å². The van der Waals surface area contributed by atoms with Crippen LogP contribution in [0.5, 0.6) is 0 Å². The molecule has 1 aliphatic rings. The van der Waals surface area contributed by atoms with Crippen LogP contribution in [0.2, 0.25) is 0 Å². The Bertz CT molecular complexity index is 728. The highest BCUT2D eigenvalue weighted by molar-refractivity contribution is 7.80. The van der Waals surface area contributed by atoms with Gasteiger partial charge in [-0.05, 0) is 49.0 Å². The van der Waals surface area contributed by atoms with Gasteiger partial charge in [0.25, 0.3) is 0 Å². The van der Waals surface area contributed by atoms with Gasteiger partial charge in [0.15, 0.2) is 5.11 Å². The van der Waals surface area contributed by atoms with Crippen molar-refractivity contribution in [1.29, 1.82) is 0 Å². The van der Waals surface area contributed by atoms with Crippen molar-refractivity contribution in [3.63, 3.8) is 0 Å². The zero-order chi connectivity index (χ0) is 14.8. The first-order valence-corrected chi connectivity index (χ1v) is 6.97. The van der Waals surface area contributed by atoms with E-state index in [4.69, 9.17) is 17.0 Å². The third-order valence-corrected chi connectivity index (χ3v) is 3.43. The van der Waals surface area contributed by atoms with Crippen LogP contribution in [0.1, 0.15) is 21.5 Å². The van der Waals surface area contributed by atoms with E-state index in [1.807, 2.05) is 43.3 Å². The zero-order valence-electron chi connectivity index (χ0n) is 11.5. The molecule has 2 aromatic carbocycles. The molecule has 0 saturated carbocycles. The summed E-state index contributed by atoms with van der Waals surface area (Å²) in [7, 11) is 0. The number of carbonyl (C=O) groups excluding carboxylic acids is 1. The SMILES string of the molecule is Cc1cccc(NC(=S)Nc2ccc3c(c2)C(=O)OC3)c1. The molecule has 3 rings (SSSR count). The van der Waals surface area contributed by atoms with E-state index in [2.05, 4.69) is 10.6 Å². The summed E-state index contributed by atoms with van der Waals surface area (Å²) in [6, 6.07) is 13.5. The van der Waals surface area contributed by atoms with Crippen LogP contribution in [-0.4, -0.2) is 11.1 Å². The minimum absolute atomic E-state index is 0.286. The summed E-state index contributed by atoms with van der Waals surface area (Å²) in [6.45, 7) is 2.37. The van der Waals surface area contributed by atoms with Gasteiger partial charge in [-0.3, -0.25) is 0 Å². The maximum atomic E-state index is 11.5. The minimum atomic E-state index is -0.286. The molecule has 1 heterocycles. The van der Waals surface area contributed by atoms with Gasteiger partial charge < -0.3 is 15.4 Å². The molecule has 0 amide bonds. The molecule has 0 bridgehead atoms. The molecule has 1 aliphatic heterocycles. The molecule has 2 aromatic rings. The molecule has 0 unspecified atom stereocenters. The quantitative estimate of drug-likeness (QED) is 0.657. The Morgan fingerprint density at radius 3 is 2.67 bits per heavy atom. The Labute approximate surface area is 128 Å². The summed E-state index contributed by atoms with van der Waals surface area (Å²) in [5.74, 6) is -0.286. The maximum absolute atomic E-state index is 11.5. The molecule has 21 heavy (non-hydrogen) atoms. The van der Waals surface area contributed by atoms with Gasteiger partial charge in [-0.1, -0.05) is 18.2 Å². The van der Waals surface area contributed by atoms with Crippen molar-refractivity contribution in [3.8, 4) is 0 Å². The first-order valence-electron chi connectivity index (χ1n) is 6.56. The second kappa shape index (κ2) is 5.54. The average molecular weight is 298 g/mol. The lowest BCUT2D eigenvalue weighted by atomic mass is 10.1. The fraction of sp³-hybridized carbons (Fsp3) is 0.125. The van der Waals surface area contributed by atoms with Crippen LogP contribution < -0.4 is 10.6 Å². The van der Waals surface area contributed by atoms with E-state index in [-0.39, 0.29) is 5.97 Å². The Morgan fingerprint density at radius 2 is 1.90 bits per heavy atom. The Hall–Kier alpha value is -2.40. The number of thiocarbonyl (C=S) groups is 1. The molecule has 0 atom stereocenters. The Balaban J connectivity index is 1.71. The number of fused-ring (bicyclic) bond motifs is 1. The molecule has 0 fully saturated rings. The maximum Gasteiger partial charge on any atom is 0.338 e. The molecule has 0 radical (unpaired) electrons. The van der Waals surface area contributed by atoms with Crippen LogP contribution in [-0.2, 0) is 11.3 Å². The second-order valence-electron chi connectivity index (χ2n) is 4.90. The summed E-state index contributed by atoms with van der Waals surface area (Å²) >= 11 is 5.28. The molecule has 0 aliphatic carbocycles. The van der Waals surface area contributed by atoms with Crippen LogP contribution in [0.3, 0.4) is 0 Å². The second-order valence-corrected chi connectivity index (χ2v) is 5.30. The molecule has 106 valence electrons. The molecule has 0 spiro atoms. The third kappa shape index (κ3) is 3.03. The number of nitrogens with one attached hydrogen (secondary N) is 2. The van der Waals surface area contributed by atoms with E-state index in [0.717, 1.165) is 22.5 Å². The normalized spacial score (nSPS) is 12.5. The molecule has 0 saturated heterocycles. The molecule has 4 nitrogen and oxygen atoms in total. The van der Waals surface area contributed by atoms with E-state index in [9.17, 15) is 4.79 Å². The third-order valence-electron chi connectivity index (χ3n) is 3.22. The highest BCUT2D eigenvalue weighted by Gasteiger charge is 2.21. The summed E-state index contributed by atoms with van der Waals surface area (Å²) in [5.41, 5.74) is 4.34. The van der Waals surface area contributed by atoms with Gasteiger partial charge in [0.1, 0.15) is 6.61 Å². The number of hydrogen-bond acceptors (Lipinski definition) is 3. The molecule has 5 heteroatoms. The van der Waals surface area contributed by atoms with Crippen LogP contribution in [0.25, 0.3) is 0 Å². The number of rotatable bonds is 2. The van der Waals surface area contributed by atoms with Crippen LogP contribution >= 0.6 is 12.2 Å². The van der Waals surface area contributed by atoms with Crippen molar-refractivity contribution in [2.24, 2.45) is 0 Å². The number of esters is 1. The smallest absolute Gasteiger partial charge is 0.338 e. The largest absolute Gasteiger partial charge is 0.457 e. The van der Waals surface area contributed by atoms with Crippen LogP contribution in [0.15, 0.2) is 42.5 Å². The van der Waals surface area contributed by atoms with Gasteiger partial charge in [-0.15, -0.1) is 0 Å². The standard InChI is InChI=1S/C16H14N2O2S/c1-10-3-2-4-12(7-10)17-16(21)18-13-6-5-11-9-20-15(19)14(11)8-13/h2-8H,9H2,1H3,(H2,17,18,21). The van der Waals surface area contributed by atoms with Gasteiger partial charge in [-0.25, -0.2) is 4.79 Å². The number of ether oxygens (including phenoxy) is 1. The van der Waals surface area contributed by atoms with Crippen molar-refractivity contribution in [1.82, 2.24) is 0 Å². The van der Waals surface area contributed by atoms with E-state index in [1.165, 1.54) is 0 Å². The Morgan fingerprint density at radius 1 is 1.14 bits per heavy atom. The summed E-state index contributed by atoms with van der Waals surface area (Å²) in [6.07, 6.45) is 0. The highest BCUT2D eigenvalue weighted by atomic mass is 32.1. The van der Waals surface area contributed by atoms with Crippen molar-refractivity contribution < 1.29 is 9.53 Å². The molecule has 0 aromatic heterocycles. The fourth-order valence-electron chi connectivity index (χ4n) is 2.21. The molecular formula is C16H14N2O2S. The number of benzene rings is 2. The minimum Gasteiger partial charge on any atom is -0.457 e. The van der Waals surface area contributed by atoms with E-state index in [0.29, 0.717) is 17.3 Å². The number of cyclic esters (lactones) is 1. The number of carbonyl (C=O) groups is 1. The average Bonchev–Trinajstić information content (AvgIpc) is 2.80. The molecule has 2 N–H and O–H groups in total. The topological polar surface area (TPSA) is 50.4 Å². The fourth-order valence-corrected chi connectivity index (χ4v) is 2.44. The first kappa shape index (κ1) is 13.6. The van der Waals surface area contributed by atoms with E-state index in [1.54, 1.807) is 6.07 Å². The summed E-state index contributed by atoms with van der Waals surface area (Å²) in [4.78, 5) is 11.5. The summed E-state index contributed by atoms with van der Waals surface area (Å²) < 4.78 is 4.98. The van der Waals surface area contributed by atoms with Crippen molar-refractivity contribution in [3.05, 3.63) is 59.2 Å². The Kier molecular flexibility index (Phi) is 3.58. The van der Waals surface area contributed by atoms with Crippen LogP contribution in [0.4, 0.5) is 11.4 Å². The first-order chi connectivity index (χ1) is 10.1. The van der Waals surface area contributed by atoms with Gasteiger partial charge in [-0.2, -0.15) is 0 Å². The predicted octanol–water partition coefficient (Wildman–Crippen LogP) is 3.47. The van der Waals surface area contributed by atoms with Gasteiger partial charge >= 0.3 is 5.97 Å². The lowest BCUT2D eigenvalue weighted by molar-refractivity contribution is 0.0535. The van der Waals surface area contributed by atoms with Gasteiger partial charge in [0, 0.05) is 16.9 Å². The van der Waals surface area contributed by atoms with Crippen molar-refractivity contribution in [2.45, 2.75) is 13.5 Å². The number of hydrogen-bond donors (Lipinski definition) is 2. The van der Waals surface area contributed by atoms with Crippen molar-refractivity contribution >= 4 is 34.7 Å². The van der Waals surface area contributed by atoms with E-state index < -0.39 is 0 Å². The van der Waals surface area contributed by atoms with E-state index >= 15 is 0 Å². The lowest BCUT2D eigenvalue weighted by Crippen LogP contribution is -2.19. The van der Waals surface area contributed by atoms with Crippen molar-refractivity contribution in [2.75, 3.05) is 10.6 Å². The lowest BCUT2D eigenvalue weighted by Gasteiger charge is -2.11. The zero-order valence-corrected chi connectivity index (χ0v) is 12.3. The van der Waals surface area contributed by atoms with Gasteiger partial charge in [0.05, 0.1) is 5.56 Å². The monoisotopic (exact) mass is 298 g/mol. The number of aryl methyl sites for hydroxylation is 1. The van der Waals surface area contributed by atoms with Gasteiger partial charge in [0.2, 0.25) is 0 Å². The number of anilines is 2. The predicted molar refractivity (Wildman–Crippen MR) is 86.6 cm³/mol. The molecular weight excluding hydrogens is 284 g/mol. The highest BCUT2D eigenvalue weighted by Crippen LogP contribution is 2.23.